The van der Waals surface area contributed by atoms with E-state index in [0.717, 1.165) is 54.7 Å². The van der Waals surface area contributed by atoms with Gasteiger partial charge in [0.1, 0.15) is 5.60 Å². The summed E-state index contributed by atoms with van der Waals surface area (Å²) in [6.07, 6.45) is 4.53. The molecule has 1 saturated carbocycles. The van der Waals surface area contributed by atoms with E-state index in [1.807, 2.05) is 102 Å². The predicted octanol–water partition coefficient (Wildman–Crippen LogP) is 7.79. The predicted molar refractivity (Wildman–Crippen MR) is 177 cm³/mol. The lowest BCUT2D eigenvalue weighted by atomic mass is 9.57. The van der Waals surface area contributed by atoms with Crippen molar-refractivity contribution in [2.45, 2.75) is 78.4 Å². The number of hydrogen-bond acceptors (Lipinski definition) is 5. The fourth-order valence-electron chi connectivity index (χ4n) is 7.04. The fourth-order valence-corrected chi connectivity index (χ4v) is 7.40. The van der Waals surface area contributed by atoms with Crippen molar-refractivity contribution in [2.24, 2.45) is 12.5 Å². The minimum atomic E-state index is -0.742. The Morgan fingerprint density at radius 1 is 1.00 bits per heavy atom. The summed E-state index contributed by atoms with van der Waals surface area (Å²) in [7, 11) is 1.93. The maximum atomic E-state index is 14.7. The Morgan fingerprint density at radius 3 is 2.30 bits per heavy atom. The molecule has 0 atom stereocenters. The van der Waals surface area contributed by atoms with E-state index in [1.165, 1.54) is 0 Å². The molecule has 3 aliphatic rings. The van der Waals surface area contributed by atoms with Crippen molar-refractivity contribution in [3.63, 3.8) is 0 Å². The molecule has 3 aliphatic carbocycles. The number of benzene rings is 2. The summed E-state index contributed by atoms with van der Waals surface area (Å²) in [5.74, 6) is -0.350. The molecule has 1 N–H and O–H groups in total. The van der Waals surface area contributed by atoms with Gasteiger partial charge in [0, 0.05) is 33.7 Å². The highest BCUT2D eigenvalue weighted by Crippen LogP contribution is 2.56. The van der Waals surface area contributed by atoms with Crippen LogP contribution in [0.4, 0.5) is 0 Å². The van der Waals surface area contributed by atoms with E-state index in [4.69, 9.17) is 14.8 Å². The van der Waals surface area contributed by atoms with Crippen molar-refractivity contribution in [2.75, 3.05) is 0 Å². The zero-order valence-corrected chi connectivity index (χ0v) is 28.1. The molecule has 1 amide bonds. The van der Waals surface area contributed by atoms with Gasteiger partial charge in [-0.3, -0.25) is 14.3 Å². The standard InChI is InChI=1S/C36H39BrN4O3/c1-21-29(26-19-25(37)13-14-28(26)38-31(21)24-11-9-8-10-12-24)32(42)39-36-17-15-35(16-18-36,33(43)44-34(4,5)6)20-27(36)30-22(2)40-41(7)23(30)3/h8-14,19-20H,15-18H2,1-7H3,(H,39,42). The highest BCUT2D eigenvalue weighted by atomic mass is 79.9. The molecular weight excluding hydrogens is 616 g/mol. The Morgan fingerprint density at radius 2 is 1.68 bits per heavy atom. The molecule has 228 valence electrons. The van der Waals surface area contributed by atoms with Crippen molar-refractivity contribution in [1.29, 1.82) is 0 Å². The monoisotopic (exact) mass is 654 g/mol. The number of aromatic nitrogens is 3. The van der Waals surface area contributed by atoms with Crippen LogP contribution in [0, 0.1) is 26.2 Å². The first-order chi connectivity index (χ1) is 20.7. The van der Waals surface area contributed by atoms with Crippen LogP contribution in [0.5, 0.6) is 0 Å². The number of amides is 1. The smallest absolute Gasteiger partial charge is 0.316 e. The van der Waals surface area contributed by atoms with E-state index in [2.05, 4.69) is 27.3 Å². The maximum absolute atomic E-state index is 14.7. The van der Waals surface area contributed by atoms with Crippen molar-refractivity contribution in [3.8, 4) is 11.3 Å². The Bertz CT molecular complexity index is 1840. The lowest BCUT2D eigenvalue weighted by molar-refractivity contribution is -0.167. The van der Waals surface area contributed by atoms with Crippen LogP contribution in [0.3, 0.4) is 0 Å². The van der Waals surface area contributed by atoms with Gasteiger partial charge in [-0.2, -0.15) is 5.10 Å². The molecule has 0 radical (unpaired) electrons. The minimum absolute atomic E-state index is 0.151. The van der Waals surface area contributed by atoms with Gasteiger partial charge in [0.15, 0.2) is 0 Å². The number of aryl methyl sites for hydroxylation is 2. The van der Waals surface area contributed by atoms with Gasteiger partial charge in [0.2, 0.25) is 0 Å². The lowest BCUT2D eigenvalue weighted by Gasteiger charge is -2.52. The van der Waals surface area contributed by atoms with Gasteiger partial charge in [-0.05, 0) is 96.6 Å². The Hall–Kier alpha value is -3.78. The number of halogens is 1. The van der Waals surface area contributed by atoms with Crippen molar-refractivity contribution >= 4 is 44.3 Å². The third-order valence-corrected chi connectivity index (χ3v) is 9.83. The Labute approximate surface area is 267 Å². The SMILES string of the molecule is Cc1nn(C)c(C)c1C1=CC2(C(=O)OC(C)(C)C)CCC1(NC(=O)c1c(C)c(-c3ccccc3)nc3ccc(Br)cc13)CC2. The average Bonchev–Trinajstić information content (AvgIpc) is 3.22. The van der Waals surface area contributed by atoms with Crippen LogP contribution in [0.25, 0.3) is 27.7 Å². The van der Waals surface area contributed by atoms with Gasteiger partial charge in [0.05, 0.1) is 33.4 Å². The highest BCUT2D eigenvalue weighted by molar-refractivity contribution is 9.10. The summed E-state index contributed by atoms with van der Waals surface area (Å²) in [6, 6.07) is 15.9. The molecule has 7 nitrogen and oxygen atoms in total. The molecule has 8 heteroatoms. The topological polar surface area (TPSA) is 86.1 Å². The molecular formula is C36H39BrN4O3. The number of ether oxygens (including phenoxy) is 1. The second kappa shape index (κ2) is 10.7. The van der Waals surface area contributed by atoms with Crippen LogP contribution in [0.1, 0.15) is 79.3 Å². The van der Waals surface area contributed by atoms with E-state index in [1.54, 1.807) is 0 Å². The molecule has 1 fully saturated rings. The summed E-state index contributed by atoms with van der Waals surface area (Å²) in [5.41, 5.74) is 5.75. The second-order valence-electron chi connectivity index (χ2n) is 13.4. The first-order valence-electron chi connectivity index (χ1n) is 15.2. The second-order valence-corrected chi connectivity index (χ2v) is 14.3. The number of rotatable bonds is 5. The number of carbonyl (C=O) groups is 2. The van der Waals surface area contributed by atoms with E-state index >= 15 is 0 Å². The first kappa shape index (κ1) is 30.3. The summed E-state index contributed by atoms with van der Waals surface area (Å²) in [6.45, 7) is 11.7. The molecule has 0 spiro atoms. The quantitative estimate of drug-likeness (QED) is 0.222. The average molecular weight is 656 g/mol. The Kier molecular flexibility index (Phi) is 7.35. The van der Waals surface area contributed by atoms with Gasteiger partial charge >= 0.3 is 5.97 Å². The first-order valence-corrected chi connectivity index (χ1v) is 16.0. The highest BCUT2D eigenvalue weighted by Gasteiger charge is 2.55. The number of carbonyl (C=O) groups excluding carboxylic acids is 2. The van der Waals surface area contributed by atoms with Gasteiger partial charge in [-0.25, -0.2) is 4.98 Å². The zero-order valence-electron chi connectivity index (χ0n) is 26.5. The molecule has 2 bridgehead atoms. The van der Waals surface area contributed by atoms with Gasteiger partial charge in [-0.1, -0.05) is 52.3 Å². The summed E-state index contributed by atoms with van der Waals surface area (Å²) in [5, 5.41) is 9.04. The number of nitrogens with one attached hydrogen (secondary N) is 1. The molecule has 2 heterocycles. The van der Waals surface area contributed by atoms with Crippen molar-refractivity contribution < 1.29 is 14.3 Å². The number of nitrogens with zero attached hydrogens (tertiary/aromatic N) is 3. The molecule has 7 rings (SSSR count). The summed E-state index contributed by atoms with van der Waals surface area (Å²) >= 11 is 3.61. The Balaban J connectivity index is 1.50. The molecule has 0 aliphatic heterocycles. The van der Waals surface area contributed by atoms with Crippen LogP contribution in [-0.4, -0.2) is 37.8 Å². The van der Waals surface area contributed by atoms with E-state index in [9.17, 15) is 9.59 Å². The normalized spacial score (nSPS) is 21.3. The van der Waals surface area contributed by atoms with E-state index < -0.39 is 16.6 Å². The maximum Gasteiger partial charge on any atom is 0.316 e. The number of esters is 1. The number of hydrogen-bond donors (Lipinski definition) is 1. The van der Waals surface area contributed by atoms with Crippen molar-refractivity contribution in [3.05, 3.63) is 87.2 Å². The van der Waals surface area contributed by atoms with Crippen molar-refractivity contribution in [1.82, 2.24) is 20.1 Å². The van der Waals surface area contributed by atoms with Gasteiger partial charge in [0.25, 0.3) is 5.91 Å². The van der Waals surface area contributed by atoms with E-state index in [0.29, 0.717) is 31.2 Å². The van der Waals surface area contributed by atoms with Crippen LogP contribution >= 0.6 is 15.9 Å². The lowest BCUT2D eigenvalue weighted by Crippen LogP contribution is -2.58. The number of pyridine rings is 1. The largest absolute Gasteiger partial charge is 0.459 e. The third-order valence-electron chi connectivity index (χ3n) is 9.33. The van der Waals surface area contributed by atoms with Gasteiger partial charge < -0.3 is 10.1 Å². The molecule has 2 aromatic carbocycles. The molecule has 0 unspecified atom stereocenters. The molecule has 0 saturated heterocycles. The van der Waals surface area contributed by atoms with Gasteiger partial charge in [-0.15, -0.1) is 0 Å². The fraction of sp³-hybridized carbons (Fsp3) is 0.389. The summed E-state index contributed by atoms with van der Waals surface area (Å²) in [4.78, 5) is 33.4. The molecule has 44 heavy (non-hydrogen) atoms. The zero-order chi connectivity index (χ0) is 31.6. The third kappa shape index (κ3) is 5.07. The van der Waals surface area contributed by atoms with Crippen LogP contribution in [-0.2, 0) is 16.6 Å². The van der Waals surface area contributed by atoms with E-state index in [-0.39, 0.29) is 11.9 Å². The van der Waals surface area contributed by atoms with Crippen LogP contribution < -0.4 is 5.32 Å². The minimum Gasteiger partial charge on any atom is -0.459 e. The molecule has 2 aromatic heterocycles. The number of fused-ring (bicyclic) bond motifs is 3. The van der Waals surface area contributed by atoms with Crippen LogP contribution in [0.15, 0.2) is 59.1 Å². The summed E-state index contributed by atoms with van der Waals surface area (Å²) < 4.78 is 8.71. The van der Waals surface area contributed by atoms with Crippen LogP contribution in [0.2, 0.25) is 0 Å². The molecule has 4 aromatic rings.